The molecule has 0 amide bonds. The van der Waals surface area contributed by atoms with E-state index >= 15 is 0 Å². The maximum absolute atomic E-state index is 5.89. The molecule has 0 unspecified atom stereocenters. The Kier molecular flexibility index (Phi) is 5.75. The summed E-state index contributed by atoms with van der Waals surface area (Å²) in [6.45, 7) is 2.02. The van der Waals surface area contributed by atoms with Crippen LogP contribution in [0.3, 0.4) is 0 Å². The molecular formula is C14H27NO2. The zero-order chi connectivity index (χ0) is 11.9. The molecule has 0 bridgehead atoms. The lowest BCUT2D eigenvalue weighted by atomic mass is 9.89. The van der Waals surface area contributed by atoms with Gasteiger partial charge in [-0.2, -0.15) is 0 Å². The van der Waals surface area contributed by atoms with Gasteiger partial charge in [-0.15, -0.1) is 0 Å². The molecule has 2 fully saturated rings. The van der Waals surface area contributed by atoms with Gasteiger partial charge in [0.25, 0.3) is 0 Å². The van der Waals surface area contributed by atoms with Crippen LogP contribution in [0.4, 0.5) is 0 Å². The second-order valence-electron chi connectivity index (χ2n) is 5.46. The van der Waals surface area contributed by atoms with Crippen molar-refractivity contribution in [2.45, 2.75) is 69.6 Å². The number of rotatable bonds is 7. The summed E-state index contributed by atoms with van der Waals surface area (Å²) in [6, 6.07) is 0.689. The fraction of sp³-hybridized carbons (Fsp3) is 1.00. The molecule has 3 nitrogen and oxygen atoms in total. The maximum Gasteiger partial charge on any atom is 0.0601 e. The Hall–Kier alpha value is -0.120. The molecule has 1 N–H and O–H groups in total. The molecule has 0 aromatic rings. The Bertz CT molecular complexity index is 198. The molecular weight excluding hydrogens is 214 g/mol. The van der Waals surface area contributed by atoms with Crippen LogP contribution in [0.2, 0.25) is 0 Å². The molecule has 2 rings (SSSR count). The van der Waals surface area contributed by atoms with Gasteiger partial charge in [0.15, 0.2) is 0 Å². The summed E-state index contributed by atoms with van der Waals surface area (Å²) in [5.74, 6) is 0. The van der Waals surface area contributed by atoms with Crippen molar-refractivity contribution in [2.75, 3.05) is 20.3 Å². The van der Waals surface area contributed by atoms with Gasteiger partial charge in [-0.3, -0.25) is 0 Å². The Morgan fingerprint density at radius 3 is 2.53 bits per heavy atom. The van der Waals surface area contributed by atoms with Gasteiger partial charge in [0.05, 0.1) is 12.2 Å². The molecule has 100 valence electrons. The van der Waals surface area contributed by atoms with Gasteiger partial charge in [-0.1, -0.05) is 19.3 Å². The molecule has 0 radical (unpaired) electrons. The van der Waals surface area contributed by atoms with E-state index in [4.69, 9.17) is 9.47 Å². The third-order valence-electron chi connectivity index (χ3n) is 4.09. The Morgan fingerprint density at radius 1 is 1.06 bits per heavy atom. The number of methoxy groups -OCH3 is 1. The first kappa shape index (κ1) is 13.3. The van der Waals surface area contributed by atoms with E-state index in [1.807, 2.05) is 0 Å². The highest BCUT2D eigenvalue weighted by Crippen LogP contribution is 2.22. The fourth-order valence-electron chi connectivity index (χ4n) is 2.78. The van der Waals surface area contributed by atoms with Gasteiger partial charge in [0.2, 0.25) is 0 Å². The van der Waals surface area contributed by atoms with E-state index in [0.717, 1.165) is 19.6 Å². The number of hydrogen-bond acceptors (Lipinski definition) is 3. The lowest BCUT2D eigenvalue weighted by molar-refractivity contribution is 0.0125. The number of nitrogens with one attached hydrogen (secondary N) is 1. The van der Waals surface area contributed by atoms with Gasteiger partial charge in [-0.25, -0.2) is 0 Å². The van der Waals surface area contributed by atoms with E-state index < -0.39 is 0 Å². The van der Waals surface area contributed by atoms with Gasteiger partial charge in [0, 0.05) is 19.8 Å². The van der Waals surface area contributed by atoms with Crippen molar-refractivity contribution >= 4 is 0 Å². The van der Waals surface area contributed by atoms with Crippen LogP contribution in [-0.4, -0.2) is 38.5 Å². The van der Waals surface area contributed by atoms with Crippen molar-refractivity contribution < 1.29 is 9.47 Å². The Morgan fingerprint density at radius 2 is 1.82 bits per heavy atom. The number of ether oxygens (including phenoxy) is 2. The largest absolute Gasteiger partial charge is 0.381 e. The van der Waals surface area contributed by atoms with Crippen molar-refractivity contribution in [3.05, 3.63) is 0 Å². The van der Waals surface area contributed by atoms with Crippen LogP contribution in [0.5, 0.6) is 0 Å². The number of hydrogen-bond donors (Lipinski definition) is 1. The SMILES string of the molecule is COC1CC(NCCCOC2CCCCC2)C1. The van der Waals surface area contributed by atoms with Crippen LogP contribution in [0.25, 0.3) is 0 Å². The molecule has 0 aromatic carbocycles. The van der Waals surface area contributed by atoms with Crippen LogP contribution in [-0.2, 0) is 9.47 Å². The van der Waals surface area contributed by atoms with Crippen LogP contribution in [0, 0.1) is 0 Å². The monoisotopic (exact) mass is 241 g/mol. The summed E-state index contributed by atoms with van der Waals surface area (Å²) in [4.78, 5) is 0. The first-order chi connectivity index (χ1) is 8.38. The second-order valence-corrected chi connectivity index (χ2v) is 5.46. The lowest BCUT2D eigenvalue weighted by Gasteiger charge is -2.34. The Balaban J connectivity index is 1.39. The van der Waals surface area contributed by atoms with E-state index in [-0.39, 0.29) is 0 Å². The summed E-state index contributed by atoms with van der Waals surface area (Å²) in [5.41, 5.74) is 0. The van der Waals surface area contributed by atoms with Crippen molar-refractivity contribution in [3.8, 4) is 0 Å². The topological polar surface area (TPSA) is 30.5 Å². The fourth-order valence-corrected chi connectivity index (χ4v) is 2.78. The van der Waals surface area contributed by atoms with E-state index in [1.165, 1.54) is 44.9 Å². The van der Waals surface area contributed by atoms with Crippen molar-refractivity contribution in [1.82, 2.24) is 5.32 Å². The highest BCUT2D eigenvalue weighted by atomic mass is 16.5. The summed E-state index contributed by atoms with van der Waals surface area (Å²) < 4.78 is 11.2. The molecule has 0 saturated heterocycles. The summed E-state index contributed by atoms with van der Waals surface area (Å²) in [5, 5.41) is 3.56. The molecule has 0 aliphatic heterocycles. The zero-order valence-electron chi connectivity index (χ0n) is 11.1. The molecule has 17 heavy (non-hydrogen) atoms. The van der Waals surface area contributed by atoms with E-state index in [2.05, 4.69) is 5.32 Å². The lowest BCUT2D eigenvalue weighted by Crippen LogP contribution is -2.45. The van der Waals surface area contributed by atoms with Crippen LogP contribution < -0.4 is 5.32 Å². The predicted molar refractivity (Wildman–Crippen MR) is 69.3 cm³/mol. The molecule has 0 heterocycles. The van der Waals surface area contributed by atoms with Crippen LogP contribution in [0.1, 0.15) is 51.4 Å². The van der Waals surface area contributed by atoms with E-state index in [9.17, 15) is 0 Å². The smallest absolute Gasteiger partial charge is 0.0601 e. The summed E-state index contributed by atoms with van der Waals surface area (Å²) >= 11 is 0. The quantitative estimate of drug-likeness (QED) is 0.695. The van der Waals surface area contributed by atoms with Gasteiger partial charge in [-0.05, 0) is 38.6 Å². The first-order valence-electron chi connectivity index (χ1n) is 7.26. The summed E-state index contributed by atoms with van der Waals surface area (Å²) in [7, 11) is 1.80. The van der Waals surface area contributed by atoms with E-state index in [1.54, 1.807) is 7.11 Å². The first-order valence-corrected chi connectivity index (χ1v) is 7.26. The molecule has 2 aliphatic rings. The third-order valence-corrected chi connectivity index (χ3v) is 4.09. The summed E-state index contributed by atoms with van der Waals surface area (Å²) in [6.07, 6.45) is 11.3. The average Bonchev–Trinajstić information content (AvgIpc) is 2.32. The van der Waals surface area contributed by atoms with Crippen molar-refractivity contribution in [1.29, 1.82) is 0 Å². The second kappa shape index (κ2) is 7.34. The minimum absolute atomic E-state index is 0.506. The zero-order valence-corrected chi connectivity index (χ0v) is 11.1. The normalized spacial score (nSPS) is 30.2. The molecule has 0 atom stereocenters. The van der Waals surface area contributed by atoms with Crippen molar-refractivity contribution in [3.63, 3.8) is 0 Å². The standard InChI is InChI=1S/C14H27NO2/c1-16-14-10-12(11-14)15-8-5-9-17-13-6-3-2-4-7-13/h12-15H,2-11H2,1H3. The molecule has 0 aromatic heterocycles. The minimum Gasteiger partial charge on any atom is -0.381 e. The van der Waals surface area contributed by atoms with Crippen LogP contribution >= 0.6 is 0 Å². The Labute approximate surface area is 105 Å². The molecule has 2 saturated carbocycles. The highest BCUT2D eigenvalue weighted by molar-refractivity contribution is 4.85. The predicted octanol–water partition coefficient (Wildman–Crippen LogP) is 2.49. The molecule has 2 aliphatic carbocycles. The van der Waals surface area contributed by atoms with Gasteiger partial charge in [0.1, 0.15) is 0 Å². The minimum atomic E-state index is 0.506. The average molecular weight is 241 g/mol. The molecule has 0 spiro atoms. The van der Waals surface area contributed by atoms with Crippen molar-refractivity contribution in [2.24, 2.45) is 0 Å². The highest BCUT2D eigenvalue weighted by Gasteiger charge is 2.27. The van der Waals surface area contributed by atoms with Crippen LogP contribution in [0.15, 0.2) is 0 Å². The third kappa shape index (κ3) is 4.57. The maximum atomic E-state index is 5.89. The van der Waals surface area contributed by atoms with E-state index in [0.29, 0.717) is 18.2 Å². The van der Waals surface area contributed by atoms with Gasteiger partial charge < -0.3 is 14.8 Å². The molecule has 3 heteroatoms. The van der Waals surface area contributed by atoms with Gasteiger partial charge >= 0.3 is 0 Å².